The van der Waals surface area contributed by atoms with Gasteiger partial charge in [-0.3, -0.25) is 0 Å². The maximum absolute atomic E-state index is 3.07. The molecule has 0 aromatic carbocycles. The first kappa shape index (κ1) is 48.6. The normalized spacial score (nSPS) is 73.8. The summed E-state index contributed by atoms with van der Waals surface area (Å²) >= 11 is 0. The second-order valence-electron chi connectivity index (χ2n) is 41.7. The molecule has 466 valence electrons. The van der Waals surface area contributed by atoms with E-state index in [0.717, 1.165) is 249 Å². The van der Waals surface area contributed by atoms with Gasteiger partial charge in [-0.1, -0.05) is 121 Å². The topological polar surface area (TPSA) is 0 Å². The SMILES string of the molecule is C1=C2CC3CCC4=CC5CC=C6CC7CC8CCC9=CC%10CCC1C1=C%11C2C2C3C4C3C5C6C4C7C5C8C9C(C1%10)C1C%11C2C3C4C15.C1=CC2C3CCC4C5CCC6C7CCC8C9C=CC%10C1C1C%11=C%12C%13C(C21)C3C4C1C5C6C2C7C8C(C%12C2C%131)C9C%11%10.CC.CC. The molecule has 0 heteroatoms. The Labute approximate surface area is 540 Å². The van der Waals surface area contributed by atoms with Crippen LogP contribution in [0.1, 0.15) is 130 Å². The van der Waals surface area contributed by atoms with Crippen LogP contribution in [0.5, 0.6) is 0 Å². The molecule has 54 atom stereocenters. The fraction of sp³-hybridized carbons (Fsp3) is 0.822. The predicted molar refractivity (Wildman–Crippen MR) is 350 cm³/mol. The van der Waals surface area contributed by atoms with Crippen LogP contribution in [0.3, 0.4) is 0 Å². The van der Waals surface area contributed by atoms with Crippen molar-refractivity contribution in [1.82, 2.24) is 0 Å². The van der Waals surface area contributed by atoms with Gasteiger partial charge in [-0.05, 0) is 416 Å². The molecule has 0 aliphatic heterocycles. The minimum Gasteiger partial charge on any atom is -0.0845 e. The summed E-state index contributed by atoms with van der Waals surface area (Å²) in [5.41, 5.74) is 17.4. The second-order valence-corrected chi connectivity index (χ2v) is 41.7. The average Bonchev–Trinajstić information content (AvgIpc) is 1.44. The molecule has 33 aliphatic rings. The highest BCUT2D eigenvalue weighted by Gasteiger charge is 2.88. The molecule has 0 heterocycles. The molecule has 90 heavy (non-hydrogen) atoms. The molecule has 24 fully saturated rings. The summed E-state index contributed by atoms with van der Waals surface area (Å²) in [4.78, 5) is 0. The number of fused-ring (bicyclic) bond motifs is 5. The van der Waals surface area contributed by atoms with Gasteiger partial charge in [-0.25, -0.2) is 0 Å². The first-order chi connectivity index (χ1) is 44.7. The molecule has 0 aromatic heterocycles. The Kier molecular flexibility index (Phi) is 8.01. The van der Waals surface area contributed by atoms with E-state index in [0.29, 0.717) is 0 Å². The summed E-state index contributed by atoms with van der Waals surface area (Å²) in [6.07, 6.45) is 49.3. The highest BCUT2D eigenvalue weighted by molar-refractivity contribution is 5.56. The standard InChI is InChI=1S/C46H50.C40H44.2C2H6/c1-5-19-11-23-12-21-7-3-17-10-18-4-8-22-14-24-13-20-6-2-16-9-15(1)25-29(19)37-33(23)39-31(21)27(17)36-28(18)32(22)40-34(24)38-30(20)26(16)35(25)41-43(37)45(39)42(36)46(40)44(38)41;1-2-12-14-5-6-16-18-9-10-20-19-8-7-17-15-4-3-13-11(1)21-22(12)32-24(14)26(16)34-29(18)30(20)35-28(19)27(17)33-25(15)23(13)31(21)36-37(32)39(34)40(35)38(33)36;2*1-2/h5,9-10,14-15,18,20-23,25-31,33-39,41-46H,1-4,6-8,11-13H2;1-4,11-30,32-35,37-40H,5-10H2;2*1-2H3. The first-order valence-electron chi connectivity index (χ1n) is 42.4. The van der Waals surface area contributed by atoms with E-state index >= 15 is 0 Å². The van der Waals surface area contributed by atoms with E-state index in [1.165, 1.54) is 110 Å². The summed E-state index contributed by atoms with van der Waals surface area (Å²) in [5.74, 6) is 58.7. The first-order valence-corrected chi connectivity index (χ1v) is 42.4. The minimum absolute atomic E-state index is 0.860. The quantitative estimate of drug-likeness (QED) is 0.212. The van der Waals surface area contributed by atoms with Crippen molar-refractivity contribution in [2.24, 2.45) is 320 Å². The van der Waals surface area contributed by atoms with Gasteiger partial charge >= 0.3 is 0 Å². The van der Waals surface area contributed by atoms with Crippen LogP contribution in [0.4, 0.5) is 0 Å². The van der Waals surface area contributed by atoms with E-state index in [1.54, 1.807) is 64.2 Å². The van der Waals surface area contributed by atoms with Crippen LogP contribution in [-0.4, -0.2) is 0 Å². The van der Waals surface area contributed by atoms with Crippen molar-refractivity contribution >= 4 is 0 Å². The lowest BCUT2D eigenvalue weighted by atomic mass is 9.31. The van der Waals surface area contributed by atoms with Crippen LogP contribution in [-0.2, 0) is 0 Å². The zero-order valence-electron chi connectivity index (χ0n) is 55.1. The molecule has 0 bridgehead atoms. The van der Waals surface area contributed by atoms with Gasteiger partial charge in [-0.2, -0.15) is 0 Å². The Morgan fingerprint density at radius 1 is 0.267 bits per heavy atom. The van der Waals surface area contributed by atoms with Crippen molar-refractivity contribution in [1.29, 1.82) is 0 Å². The van der Waals surface area contributed by atoms with Crippen LogP contribution in [0.2, 0.25) is 0 Å². The Hall–Kier alpha value is -2.08. The van der Waals surface area contributed by atoms with E-state index in [-0.39, 0.29) is 0 Å². The molecule has 33 aliphatic carbocycles. The van der Waals surface area contributed by atoms with Crippen LogP contribution in [0.25, 0.3) is 0 Å². The van der Waals surface area contributed by atoms with Gasteiger partial charge in [0.2, 0.25) is 0 Å². The monoisotopic (exact) mass is 1190 g/mol. The summed E-state index contributed by atoms with van der Waals surface area (Å²) in [5, 5.41) is 0. The van der Waals surface area contributed by atoms with Crippen molar-refractivity contribution in [3.63, 3.8) is 0 Å². The van der Waals surface area contributed by atoms with Crippen LogP contribution in [0.15, 0.2) is 93.2 Å². The van der Waals surface area contributed by atoms with Gasteiger partial charge in [0.05, 0.1) is 0 Å². The molecule has 54 unspecified atom stereocenters. The Balaban J connectivity index is 0.0000000972. The molecule has 0 spiro atoms. The lowest BCUT2D eigenvalue weighted by Gasteiger charge is -2.73. The molecule has 0 aromatic rings. The van der Waals surface area contributed by atoms with E-state index in [9.17, 15) is 0 Å². The minimum atomic E-state index is 0.860. The fourth-order valence-electron chi connectivity index (χ4n) is 45.8. The van der Waals surface area contributed by atoms with Crippen molar-refractivity contribution in [3.05, 3.63) is 93.2 Å². The lowest BCUT2D eigenvalue weighted by Crippen LogP contribution is -2.68. The van der Waals surface area contributed by atoms with Gasteiger partial charge in [-0.15, -0.1) is 0 Å². The Morgan fingerprint density at radius 2 is 0.733 bits per heavy atom. The van der Waals surface area contributed by atoms with Crippen molar-refractivity contribution < 1.29 is 0 Å². The van der Waals surface area contributed by atoms with E-state index < -0.39 is 0 Å². The molecular formula is C90H106. The van der Waals surface area contributed by atoms with Crippen LogP contribution >= 0.6 is 0 Å². The van der Waals surface area contributed by atoms with E-state index in [2.05, 4.69) is 93.2 Å². The molecule has 0 saturated heterocycles. The fourth-order valence-corrected chi connectivity index (χ4v) is 45.8. The molecule has 0 radical (unpaired) electrons. The maximum atomic E-state index is 3.07. The number of hydrogen-bond donors (Lipinski definition) is 0. The largest absolute Gasteiger partial charge is 0.0845 e. The second kappa shape index (κ2) is 14.8. The summed E-state index contributed by atoms with van der Waals surface area (Å²) < 4.78 is 0. The zero-order valence-corrected chi connectivity index (χ0v) is 55.1. The summed E-state index contributed by atoms with van der Waals surface area (Å²) in [6, 6.07) is 0. The highest BCUT2D eigenvalue weighted by Crippen LogP contribution is 2.93. The Morgan fingerprint density at radius 3 is 1.41 bits per heavy atom. The summed E-state index contributed by atoms with van der Waals surface area (Å²) in [6.45, 7) is 8.00. The third-order valence-electron chi connectivity index (χ3n) is 43.7. The Bertz CT molecular complexity index is 3680. The molecule has 0 amide bonds. The predicted octanol–water partition coefficient (Wildman–Crippen LogP) is 18.4. The molecule has 24 saturated carbocycles. The number of allylic oxidation sites excluding steroid dienone is 16. The van der Waals surface area contributed by atoms with Crippen LogP contribution in [0, 0.1) is 320 Å². The van der Waals surface area contributed by atoms with Gasteiger partial charge in [0.15, 0.2) is 0 Å². The molecule has 0 N–H and O–H groups in total. The van der Waals surface area contributed by atoms with Gasteiger partial charge in [0.1, 0.15) is 0 Å². The zero-order chi connectivity index (χ0) is 56.8. The van der Waals surface area contributed by atoms with Gasteiger partial charge < -0.3 is 0 Å². The third-order valence-corrected chi connectivity index (χ3v) is 43.7. The lowest BCUT2D eigenvalue weighted by molar-refractivity contribution is -0.220. The molecule has 0 nitrogen and oxygen atoms in total. The molecular weight excluding hydrogens is 1080 g/mol. The van der Waals surface area contributed by atoms with Crippen molar-refractivity contribution in [2.75, 3.05) is 0 Å². The molecule has 33 rings (SSSR count). The van der Waals surface area contributed by atoms with Crippen LogP contribution < -0.4 is 0 Å². The maximum Gasteiger partial charge on any atom is 0.00475 e. The van der Waals surface area contributed by atoms with E-state index in [4.69, 9.17) is 0 Å². The summed E-state index contributed by atoms with van der Waals surface area (Å²) in [7, 11) is 0. The van der Waals surface area contributed by atoms with Crippen molar-refractivity contribution in [3.8, 4) is 0 Å². The van der Waals surface area contributed by atoms with Gasteiger partial charge in [0, 0.05) is 5.92 Å². The third kappa shape index (κ3) is 4.32. The average molecular weight is 1190 g/mol. The number of rotatable bonds is 0. The van der Waals surface area contributed by atoms with Gasteiger partial charge in [0.25, 0.3) is 0 Å². The smallest absolute Gasteiger partial charge is 0.00475 e. The van der Waals surface area contributed by atoms with E-state index in [1.807, 2.05) is 27.7 Å². The highest BCUT2D eigenvalue weighted by atomic mass is 14.9. The van der Waals surface area contributed by atoms with Crippen molar-refractivity contribution in [2.45, 2.75) is 130 Å². The number of hydrogen-bond acceptors (Lipinski definition) is 0.